The molecule has 0 aliphatic carbocycles. The molecule has 30 heavy (non-hydrogen) atoms. The largest absolute Gasteiger partial charge is 0.360 e. The van der Waals surface area contributed by atoms with Crippen LogP contribution in [-0.2, 0) is 10.0 Å². The summed E-state index contributed by atoms with van der Waals surface area (Å²) in [5.41, 5.74) is 1.85. The Labute approximate surface area is 173 Å². The summed E-state index contributed by atoms with van der Waals surface area (Å²) in [5.74, 6) is -0.283. The van der Waals surface area contributed by atoms with Gasteiger partial charge in [-0.25, -0.2) is 8.42 Å². The average Bonchev–Trinajstić information content (AvgIpc) is 3.17. The van der Waals surface area contributed by atoms with Crippen LogP contribution in [-0.4, -0.2) is 59.6 Å². The van der Waals surface area contributed by atoms with E-state index in [0.717, 1.165) is 5.56 Å². The van der Waals surface area contributed by atoms with Gasteiger partial charge in [0.2, 0.25) is 10.0 Å². The smallest absolute Gasteiger partial charge is 0.270 e. The Morgan fingerprint density at radius 1 is 1.07 bits per heavy atom. The summed E-state index contributed by atoms with van der Waals surface area (Å²) >= 11 is 0. The van der Waals surface area contributed by atoms with E-state index in [1.54, 1.807) is 35.2 Å². The number of piperazine rings is 1. The third-order valence-electron chi connectivity index (χ3n) is 5.29. The summed E-state index contributed by atoms with van der Waals surface area (Å²) in [7, 11) is -3.62. The van der Waals surface area contributed by atoms with Crippen molar-refractivity contribution in [1.29, 1.82) is 0 Å². The molecule has 2 aromatic carbocycles. The molecular formula is C20H20N4O5S. The molecule has 9 nitrogen and oxygen atoms in total. The maximum atomic E-state index is 13.0. The number of benzene rings is 2. The standard InChI is InChI=1S/C20H20N4O5S/c1-14-2-5-16(6-3-14)30(28,29)23-10-8-22(9-11-23)20(25)18-13-21-19-7-4-15(24(26)27)12-17(18)19/h2-7,12-13,21H,8-11H2,1H3. The first-order valence-corrected chi connectivity index (χ1v) is 10.8. The number of H-pyrrole nitrogens is 1. The molecule has 1 amide bonds. The molecule has 0 bridgehead atoms. The molecule has 10 heteroatoms. The Morgan fingerprint density at radius 3 is 2.37 bits per heavy atom. The molecule has 3 aromatic rings. The Hall–Kier alpha value is -3.24. The number of nitrogens with zero attached hydrogens (tertiary/aromatic N) is 3. The van der Waals surface area contributed by atoms with Crippen molar-refractivity contribution in [2.75, 3.05) is 26.2 Å². The van der Waals surface area contributed by atoms with Crippen LogP contribution in [0.15, 0.2) is 53.6 Å². The number of carbonyl (C=O) groups excluding carboxylic acids is 1. The van der Waals surface area contributed by atoms with Crippen LogP contribution in [0.2, 0.25) is 0 Å². The lowest BCUT2D eigenvalue weighted by molar-refractivity contribution is -0.384. The summed E-state index contributed by atoms with van der Waals surface area (Å²) < 4.78 is 27.0. The molecule has 1 fully saturated rings. The highest BCUT2D eigenvalue weighted by Crippen LogP contribution is 2.25. The third-order valence-corrected chi connectivity index (χ3v) is 7.20. The normalized spacial score (nSPS) is 15.4. The van der Waals surface area contributed by atoms with Crippen LogP contribution in [0, 0.1) is 17.0 Å². The van der Waals surface area contributed by atoms with Gasteiger partial charge >= 0.3 is 0 Å². The number of rotatable bonds is 4. The van der Waals surface area contributed by atoms with Crippen LogP contribution in [0.4, 0.5) is 5.69 Å². The Morgan fingerprint density at radius 2 is 1.73 bits per heavy atom. The van der Waals surface area contributed by atoms with Crippen molar-refractivity contribution in [1.82, 2.24) is 14.2 Å². The first-order valence-electron chi connectivity index (χ1n) is 9.39. The van der Waals surface area contributed by atoms with Crippen molar-refractivity contribution in [2.45, 2.75) is 11.8 Å². The second kappa shape index (κ2) is 7.54. The molecule has 0 spiro atoms. The van der Waals surface area contributed by atoms with Crippen LogP contribution >= 0.6 is 0 Å². The summed E-state index contributed by atoms with van der Waals surface area (Å²) in [6, 6.07) is 11.0. The van der Waals surface area contributed by atoms with E-state index >= 15 is 0 Å². The molecule has 1 aliphatic heterocycles. The number of hydrogen-bond acceptors (Lipinski definition) is 5. The molecule has 2 heterocycles. The van der Waals surface area contributed by atoms with E-state index in [0.29, 0.717) is 16.5 Å². The monoisotopic (exact) mass is 428 g/mol. The fourth-order valence-corrected chi connectivity index (χ4v) is 4.98. The minimum atomic E-state index is -3.62. The van der Waals surface area contributed by atoms with E-state index in [1.165, 1.54) is 22.6 Å². The number of nitrogens with one attached hydrogen (secondary N) is 1. The minimum Gasteiger partial charge on any atom is -0.360 e. The molecule has 0 atom stereocenters. The average molecular weight is 428 g/mol. The van der Waals surface area contributed by atoms with Crippen molar-refractivity contribution >= 4 is 32.5 Å². The zero-order valence-electron chi connectivity index (χ0n) is 16.2. The van der Waals surface area contributed by atoms with Crippen LogP contribution in [0.1, 0.15) is 15.9 Å². The van der Waals surface area contributed by atoms with E-state index < -0.39 is 14.9 Å². The topological polar surface area (TPSA) is 117 Å². The summed E-state index contributed by atoms with van der Waals surface area (Å²) in [5, 5.41) is 11.5. The molecule has 0 radical (unpaired) electrons. The zero-order chi connectivity index (χ0) is 21.5. The first kappa shape index (κ1) is 20.0. The van der Waals surface area contributed by atoms with Gasteiger partial charge in [-0.3, -0.25) is 14.9 Å². The molecule has 1 aliphatic rings. The molecule has 1 aromatic heterocycles. The number of aromatic nitrogens is 1. The fourth-order valence-electron chi connectivity index (χ4n) is 3.56. The highest BCUT2D eigenvalue weighted by molar-refractivity contribution is 7.89. The highest BCUT2D eigenvalue weighted by atomic mass is 32.2. The summed E-state index contributed by atoms with van der Waals surface area (Å²) in [4.78, 5) is 28.3. The van der Waals surface area contributed by atoms with Crippen LogP contribution < -0.4 is 0 Å². The van der Waals surface area contributed by atoms with E-state index in [2.05, 4.69) is 4.98 Å². The fraction of sp³-hybridized carbons (Fsp3) is 0.250. The highest BCUT2D eigenvalue weighted by Gasteiger charge is 2.31. The van der Waals surface area contributed by atoms with Crippen molar-refractivity contribution in [3.05, 3.63) is 69.9 Å². The Balaban J connectivity index is 1.51. The van der Waals surface area contributed by atoms with Gasteiger partial charge in [-0.05, 0) is 25.1 Å². The van der Waals surface area contributed by atoms with E-state index in [-0.39, 0.29) is 42.7 Å². The number of amides is 1. The number of non-ortho nitro benzene ring substituents is 1. The number of sulfonamides is 1. The van der Waals surface area contributed by atoms with Crippen LogP contribution in [0.3, 0.4) is 0 Å². The van der Waals surface area contributed by atoms with Gasteiger partial charge < -0.3 is 9.88 Å². The molecule has 0 saturated carbocycles. The van der Waals surface area contributed by atoms with Gasteiger partial charge in [0.15, 0.2) is 0 Å². The van der Waals surface area contributed by atoms with E-state index in [9.17, 15) is 23.3 Å². The molecule has 156 valence electrons. The number of fused-ring (bicyclic) bond motifs is 1. The number of nitro benzene ring substituents is 1. The van der Waals surface area contributed by atoms with E-state index in [4.69, 9.17) is 0 Å². The van der Waals surface area contributed by atoms with Crippen molar-refractivity contribution < 1.29 is 18.1 Å². The first-order chi connectivity index (χ1) is 14.3. The Kier molecular flexibility index (Phi) is 5.04. The maximum absolute atomic E-state index is 13.0. The van der Waals surface area contributed by atoms with Gasteiger partial charge in [-0.1, -0.05) is 17.7 Å². The van der Waals surface area contributed by atoms with Gasteiger partial charge in [-0.15, -0.1) is 0 Å². The second-order valence-electron chi connectivity index (χ2n) is 7.20. The molecule has 1 saturated heterocycles. The van der Waals surface area contributed by atoms with Crippen molar-refractivity contribution in [2.24, 2.45) is 0 Å². The molecule has 1 N–H and O–H groups in total. The minimum absolute atomic E-state index is 0.0924. The van der Waals surface area contributed by atoms with Gasteiger partial charge in [0.25, 0.3) is 11.6 Å². The number of hydrogen-bond donors (Lipinski definition) is 1. The van der Waals surface area contributed by atoms with Gasteiger partial charge in [0, 0.05) is 55.4 Å². The second-order valence-corrected chi connectivity index (χ2v) is 9.14. The lowest BCUT2D eigenvalue weighted by Crippen LogP contribution is -2.50. The van der Waals surface area contributed by atoms with Crippen LogP contribution in [0.25, 0.3) is 10.9 Å². The summed E-state index contributed by atoms with van der Waals surface area (Å²) in [6.45, 7) is 2.74. The van der Waals surface area contributed by atoms with Gasteiger partial charge in [-0.2, -0.15) is 4.31 Å². The predicted octanol–water partition coefficient (Wildman–Crippen LogP) is 2.53. The summed E-state index contributed by atoms with van der Waals surface area (Å²) in [6.07, 6.45) is 1.53. The quantitative estimate of drug-likeness (QED) is 0.506. The number of carbonyl (C=O) groups is 1. The van der Waals surface area contributed by atoms with E-state index in [1.807, 2.05) is 6.92 Å². The number of aryl methyl sites for hydroxylation is 1. The predicted molar refractivity (Wildman–Crippen MR) is 111 cm³/mol. The SMILES string of the molecule is Cc1ccc(S(=O)(=O)N2CCN(C(=O)c3c[nH]c4ccc([N+](=O)[O-])cc34)CC2)cc1. The molecule has 0 unspecified atom stereocenters. The lowest BCUT2D eigenvalue weighted by atomic mass is 10.1. The van der Waals surface area contributed by atoms with Gasteiger partial charge in [0.1, 0.15) is 0 Å². The van der Waals surface area contributed by atoms with Crippen molar-refractivity contribution in [3.63, 3.8) is 0 Å². The van der Waals surface area contributed by atoms with Crippen molar-refractivity contribution in [3.8, 4) is 0 Å². The third kappa shape index (κ3) is 3.55. The lowest BCUT2D eigenvalue weighted by Gasteiger charge is -2.34. The number of aromatic amines is 1. The maximum Gasteiger partial charge on any atom is 0.270 e. The number of nitro groups is 1. The zero-order valence-corrected chi connectivity index (χ0v) is 17.1. The van der Waals surface area contributed by atoms with Gasteiger partial charge in [0.05, 0.1) is 15.4 Å². The molecule has 4 rings (SSSR count). The Bertz CT molecular complexity index is 1230. The van der Waals surface area contributed by atoms with Crippen LogP contribution in [0.5, 0.6) is 0 Å². The molecular weight excluding hydrogens is 408 g/mol.